The lowest BCUT2D eigenvalue weighted by Gasteiger charge is -2.35. The first-order valence-electron chi connectivity index (χ1n) is 11.4. The van der Waals surface area contributed by atoms with E-state index in [2.05, 4.69) is 59.1 Å². The zero-order valence-corrected chi connectivity index (χ0v) is 19.0. The highest BCUT2D eigenvalue weighted by molar-refractivity contribution is 5.64. The van der Waals surface area contributed by atoms with Gasteiger partial charge in [0.2, 0.25) is 5.95 Å². The zero-order chi connectivity index (χ0) is 22.9. The summed E-state index contributed by atoms with van der Waals surface area (Å²) >= 11 is 0. The van der Waals surface area contributed by atoms with Gasteiger partial charge in [-0.1, -0.05) is 30.3 Å². The molecule has 0 bridgehead atoms. The number of aryl methyl sites for hydroxylation is 1. The summed E-state index contributed by atoms with van der Waals surface area (Å²) in [6, 6.07) is 12.4. The van der Waals surface area contributed by atoms with E-state index in [1.807, 2.05) is 60.9 Å². The van der Waals surface area contributed by atoms with Crippen molar-refractivity contribution >= 4 is 17.4 Å². The van der Waals surface area contributed by atoms with Gasteiger partial charge in [0.1, 0.15) is 17.8 Å². The molecule has 1 aliphatic rings. The quantitative estimate of drug-likeness (QED) is 0.406. The van der Waals surface area contributed by atoms with Crippen molar-refractivity contribution in [3.8, 4) is 11.3 Å². The predicted molar refractivity (Wildman–Crippen MR) is 131 cm³/mol. The average Bonchev–Trinajstić information content (AvgIpc) is 3.51. The van der Waals surface area contributed by atoms with E-state index in [-0.39, 0.29) is 0 Å². The number of rotatable bonds is 5. The molecule has 0 radical (unpaired) electrons. The van der Waals surface area contributed by atoms with E-state index < -0.39 is 0 Å². The summed E-state index contributed by atoms with van der Waals surface area (Å²) < 4.78 is 3.82. The van der Waals surface area contributed by atoms with Gasteiger partial charge in [0, 0.05) is 69.9 Å². The minimum atomic E-state index is 0.789. The number of aromatic nitrogens is 7. The lowest BCUT2D eigenvalue weighted by atomic mass is 10.1. The molecule has 34 heavy (non-hydrogen) atoms. The molecule has 0 aliphatic carbocycles. The molecule has 4 aromatic heterocycles. The minimum Gasteiger partial charge on any atom is -0.353 e. The summed E-state index contributed by atoms with van der Waals surface area (Å²) in [5.74, 6) is 1.84. The Balaban J connectivity index is 1.12. The van der Waals surface area contributed by atoms with Gasteiger partial charge in [-0.15, -0.1) is 0 Å². The molecule has 170 valence electrons. The van der Waals surface area contributed by atoms with Crippen LogP contribution in [0.2, 0.25) is 0 Å². The Morgan fingerprint density at radius 2 is 1.56 bits per heavy atom. The van der Waals surface area contributed by atoms with E-state index in [0.29, 0.717) is 0 Å². The molecule has 0 spiro atoms. The van der Waals surface area contributed by atoms with Gasteiger partial charge in [-0.25, -0.2) is 19.9 Å². The monoisotopic (exact) mass is 451 g/mol. The normalized spacial score (nSPS) is 14.1. The molecule has 5 aromatic rings. The number of benzene rings is 1. The fourth-order valence-electron chi connectivity index (χ4n) is 4.39. The standard InChI is InChI=1S/C25H25N9/c1-31-17-21(15-30-31)22-12-23-26-16-24(34(23)18-29-22)32-7-9-33(10-8-32)25-27-13-20(14-28-25)11-19-5-3-2-4-6-19/h2-6,12-18H,7-11H2,1H3. The fourth-order valence-corrected chi connectivity index (χ4v) is 4.39. The average molecular weight is 452 g/mol. The number of nitrogens with zero attached hydrogens (tertiary/aromatic N) is 9. The third kappa shape index (κ3) is 3.96. The third-order valence-corrected chi connectivity index (χ3v) is 6.21. The van der Waals surface area contributed by atoms with Gasteiger partial charge in [-0.05, 0) is 11.1 Å². The molecule has 0 atom stereocenters. The number of anilines is 2. The molecule has 1 aliphatic heterocycles. The lowest BCUT2D eigenvalue weighted by molar-refractivity contribution is 0.632. The SMILES string of the molecule is Cn1cc(-c2cc3ncc(N4CCN(c5ncc(Cc6ccccc6)cn5)CC4)n3cn2)cn1. The second-order valence-corrected chi connectivity index (χ2v) is 8.55. The van der Waals surface area contributed by atoms with Gasteiger partial charge in [-0.3, -0.25) is 9.08 Å². The second kappa shape index (κ2) is 8.58. The number of hydrogen-bond acceptors (Lipinski definition) is 7. The Morgan fingerprint density at radius 3 is 2.29 bits per heavy atom. The van der Waals surface area contributed by atoms with E-state index in [1.165, 1.54) is 5.56 Å². The van der Waals surface area contributed by atoms with Crippen molar-refractivity contribution in [3.05, 3.63) is 84.8 Å². The Labute approximate surface area is 197 Å². The van der Waals surface area contributed by atoms with Crippen molar-refractivity contribution in [3.63, 3.8) is 0 Å². The van der Waals surface area contributed by atoms with Crippen LogP contribution in [0.25, 0.3) is 16.9 Å². The van der Waals surface area contributed by atoms with E-state index in [4.69, 9.17) is 0 Å². The molecule has 1 fully saturated rings. The second-order valence-electron chi connectivity index (χ2n) is 8.55. The van der Waals surface area contributed by atoms with Crippen molar-refractivity contribution < 1.29 is 0 Å². The summed E-state index contributed by atoms with van der Waals surface area (Å²) in [6.07, 6.45) is 12.3. The molecular weight excluding hydrogens is 426 g/mol. The maximum Gasteiger partial charge on any atom is 0.225 e. The van der Waals surface area contributed by atoms with Crippen molar-refractivity contribution in [2.75, 3.05) is 36.0 Å². The first-order chi connectivity index (χ1) is 16.7. The van der Waals surface area contributed by atoms with Gasteiger partial charge in [0.15, 0.2) is 0 Å². The van der Waals surface area contributed by atoms with Gasteiger partial charge in [-0.2, -0.15) is 5.10 Å². The van der Waals surface area contributed by atoms with Crippen LogP contribution in [0.1, 0.15) is 11.1 Å². The molecule has 1 saturated heterocycles. The van der Waals surface area contributed by atoms with Crippen LogP contribution in [0.3, 0.4) is 0 Å². The Kier molecular flexibility index (Phi) is 5.14. The highest BCUT2D eigenvalue weighted by Crippen LogP contribution is 2.23. The van der Waals surface area contributed by atoms with Gasteiger partial charge in [0.05, 0.1) is 18.1 Å². The predicted octanol–water partition coefficient (Wildman–Crippen LogP) is 2.84. The summed E-state index contributed by atoms with van der Waals surface area (Å²) in [5, 5.41) is 4.23. The Bertz CT molecular complexity index is 1400. The lowest BCUT2D eigenvalue weighted by Crippen LogP contribution is -2.47. The zero-order valence-electron chi connectivity index (χ0n) is 19.0. The van der Waals surface area contributed by atoms with Crippen molar-refractivity contribution in [2.24, 2.45) is 7.05 Å². The number of piperazine rings is 1. The molecular formula is C25H25N9. The molecule has 0 unspecified atom stereocenters. The van der Waals surface area contributed by atoms with Crippen LogP contribution in [0.5, 0.6) is 0 Å². The molecule has 6 rings (SSSR count). The topological polar surface area (TPSA) is 80.3 Å². The molecule has 9 nitrogen and oxygen atoms in total. The van der Waals surface area contributed by atoms with Gasteiger partial charge < -0.3 is 9.80 Å². The van der Waals surface area contributed by atoms with Crippen LogP contribution in [-0.4, -0.2) is 60.3 Å². The van der Waals surface area contributed by atoms with E-state index in [9.17, 15) is 0 Å². The van der Waals surface area contributed by atoms with Crippen molar-refractivity contribution in [1.29, 1.82) is 0 Å². The van der Waals surface area contributed by atoms with Gasteiger partial charge in [0.25, 0.3) is 0 Å². The largest absolute Gasteiger partial charge is 0.353 e. The smallest absolute Gasteiger partial charge is 0.225 e. The van der Waals surface area contributed by atoms with Gasteiger partial charge >= 0.3 is 0 Å². The molecule has 0 saturated carbocycles. The third-order valence-electron chi connectivity index (χ3n) is 6.21. The highest BCUT2D eigenvalue weighted by Gasteiger charge is 2.21. The number of fused-ring (bicyclic) bond motifs is 1. The van der Waals surface area contributed by atoms with Crippen molar-refractivity contribution in [1.82, 2.24) is 34.1 Å². The first kappa shape index (κ1) is 20.3. The van der Waals surface area contributed by atoms with Crippen LogP contribution in [0.15, 0.2) is 73.7 Å². The van der Waals surface area contributed by atoms with E-state index >= 15 is 0 Å². The summed E-state index contributed by atoms with van der Waals surface area (Å²) in [4.78, 5) is 23.1. The first-order valence-corrected chi connectivity index (χ1v) is 11.4. The van der Waals surface area contributed by atoms with Crippen LogP contribution < -0.4 is 9.80 Å². The molecule has 1 aromatic carbocycles. The maximum atomic E-state index is 4.64. The molecule has 9 heteroatoms. The fraction of sp³-hybridized carbons (Fsp3) is 0.240. The Morgan fingerprint density at radius 1 is 0.794 bits per heavy atom. The molecule has 0 amide bonds. The maximum absolute atomic E-state index is 4.64. The summed E-state index contributed by atoms with van der Waals surface area (Å²) in [5.41, 5.74) is 5.12. The minimum absolute atomic E-state index is 0.789. The summed E-state index contributed by atoms with van der Waals surface area (Å²) in [7, 11) is 1.90. The van der Waals surface area contributed by atoms with E-state index in [0.717, 1.165) is 66.8 Å². The number of hydrogen-bond donors (Lipinski definition) is 0. The Hall–Kier alpha value is -4.27. The van der Waals surface area contributed by atoms with Crippen LogP contribution in [0, 0.1) is 0 Å². The van der Waals surface area contributed by atoms with Crippen LogP contribution in [-0.2, 0) is 13.5 Å². The van der Waals surface area contributed by atoms with Crippen molar-refractivity contribution in [2.45, 2.75) is 6.42 Å². The molecule has 0 N–H and O–H groups in total. The highest BCUT2D eigenvalue weighted by atomic mass is 15.3. The van der Waals surface area contributed by atoms with Crippen LogP contribution in [0.4, 0.5) is 11.8 Å². The molecule has 5 heterocycles. The van der Waals surface area contributed by atoms with E-state index in [1.54, 1.807) is 4.68 Å². The van der Waals surface area contributed by atoms with Crippen LogP contribution >= 0.6 is 0 Å². The summed E-state index contributed by atoms with van der Waals surface area (Å²) in [6.45, 7) is 3.44. The number of imidazole rings is 1.